The Balaban J connectivity index is 2.11. The lowest BCUT2D eigenvalue weighted by atomic mass is 10.2. The number of carbonyl (C=O) groups is 1. The molecule has 106 valence electrons. The lowest BCUT2D eigenvalue weighted by Gasteiger charge is -2.10. The van der Waals surface area contributed by atoms with Crippen molar-refractivity contribution in [3.05, 3.63) is 42.2 Å². The molecule has 0 bridgehead atoms. The molecule has 2 rings (SSSR count). The summed E-state index contributed by atoms with van der Waals surface area (Å²) >= 11 is 0. The van der Waals surface area contributed by atoms with Gasteiger partial charge >= 0.3 is 5.97 Å². The van der Waals surface area contributed by atoms with Crippen LogP contribution >= 0.6 is 0 Å². The Morgan fingerprint density at radius 1 is 1.45 bits per heavy atom. The number of rotatable bonds is 5. The van der Waals surface area contributed by atoms with Crippen LogP contribution in [0.4, 0.5) is 5.69 Å². The van der Waals surface area contributed by atoms with E-state index >= 15 is 0 Å². The molecule has 0 fully saturated rings. The Morgan fingerprint density at radius 2 is 2.25 bits per heavy atom. The summed E-state index contributed by atoms with van der Waals surface area (Å²) in [6, 6.07) is 8.95. The largest absolute Gasteiger partial charge is 0.458 e. The first-order valence-electron chi connectivity index (χ1n) is 6.72. The van der Waals surface area contributed by atoms with Gasteiger partial charge in [0.15, 0.2) is 5.69 Å². The van der Waals surface area contributed by atoms with E-state index in [2.05, 4.69) is 12.0 Å². The molecule has 1 aromatic heterocycles. The van der Waals surface area contributed by atoms with E-state index in [1.807, 2.05) is 19.1 Å². The highest BCUT2D eigenvalue weighted by molar-refractivity contribution is 5.87. The van der Waals surface area contributed by atoms with Gasteiger partial charge in [-0.3, -0.25) is 0 Å². The Morgan fingerprint density at radius 3 is 2.95 bits per heavy atom. The molecule has 1 atom stereocenters. The van der Waals surface area contributed by atoms with Crippen LogP contribution in [0, 0.1) is 0 Å². The zero-order chi connectivity index (χ0) is 14.5. The van der Waals surface area contributed by atoms with Gasteiger partial charge in [-0.1, -0.05) is 19.4 Å². The van der Waals surface area contributed by atoms with E-state index in [9.17, 15) is 4.79 Å². The van der Waals surface area contributed by atoms with E-state index in [0.29, 0.717) is 11.4 Å². The molecule has 0 aliphatic carbocycles. The summed E-state index contributed by atoms with van der Waals surface area (Å²) in [6.07, 6.45) is 3.45. The SMILES string of the molecule is CCCC(C)OC(=O)c1ccn(-c2cccc(N)c2)n1. The summed E-state index contributed by atoms with van der Waals surface area (Å²) in [4.78, 5) is 11.9. The maximum atomic E-state index is 11.9. The summed E-state index contributed by atoms with van der Waals surface area (Å²) in [5.74, 6) is -0.395. The lowest BCUT2D eigenvalue weighted by molar-refractivity contribution is 0.0316. The van der Waals surface area contributed by atoms with E-state index in [4.69, 9.17) is 10.5 Å². The average Bonchev–Trinajstić information content (AvgIpc) is 2.88. The van der Waals surface area contributed by atoms with Gasteiger partial charge in [-0.25, -0.2) is 9.48 Å². The van der Waals surface area contributed by atoms with Gasteiger partial charge in [-0.15, -0.1) is 0 Å². The first-order valence-corrected chi connectivity index (χ1v) is 6.72. The summed E-state index contributed by atoms with van der Waals surface area (Å²) < 4.78 is 6.92. The van der Waals surface area contributed by atoms with E-state index in [-0.39, 0.29) is 6.10 Å². The second-order valence-corrected chi connectivity index (χ2v) is 4.75. The molecule has 2 N–H and O–H groups in total. The van der Waals surface area contributed by atoms with Crippen LogP contribution in [-0.2, 0) is 4.74 Å². The third-order valence-corrected chi connectivity index (χ3v) is 2.94. The van der Waals surface area contributed by atoms with Gasteiger partial charge < -0.3 is 10.5 Å². The fourth-order valence-electron chi connectivity index (χ4n) is 1.95. The quantitative estimate of drug-likeness (QED) is 0.671. The van der Waals surface area contributed by atoms with Crippen molar-refractivity contribution in [2.45, 2.75) is 32.8 Å². The number of benzene rings is 1. The monoisotopic (exact) mass is 273 g/mol. The number of anilines is 1. The molecule has 0 radical (unpaired) electrons. The molecule has 20 heavy (non-hydrogen) atoms. The molecule has 1 unspecified atom stereocenters. The van der Waals surface area contributed by atoms with Gasteiger partial charge in [0.25, 0.3) is 0 Å². The number of nitrogen functional groups attached to an aromatic ring is 1. The van der Waals surface area contributed by atoms with Gasteiger partial charge in [0.2, 0.25) is 0 Å². The van der Waals surface area contributed by atoms with Crippen LogP contribution in [0.1, 0.15) is 37.2 Å². The fourth-order valence-corrected chi connectivity index (χ4v) is 1.95. The number of ether oxygens (including phenoxy) is 1. The number of aromatic nitrogens is 2. The highest BCUT2D eigenvalue weighted by Gasteiger charge is 2.14. The molecule has 5 nitrogen and oxygen atoms in total. The summed E-state index contributed by atoms with van der Waals surface area (Å²) in [6.45, 7) is 3.94. The molecule has 0 amide bonds. The molecule has 5 heteroatoms. The minimum atomic E-state index is -0.395. The van der Waals surface area contributed by atoms with Crippen molar-refractivity contribution < 1.29 is 9.53 Å². The van der Waals surface area contributed by atoms with E-state index < -0.39 is 5.97 Å². The van der Waals surface area contributed by atoms with Crippen molar-refractivity contribution in [1.29, 1.82) is 0 Å². The average molecular weight is 273 g/mol. The van der Waals surface area contributed by atoms with Crippen molar-refractivity contribution in [3.8, 4) is 5.69 Å². The van der Waals surface area contributed by atoms with Crippen LogP contribution in [0.5, 0.6) is 0 Å². The van der Waals surface area contributed by atoms with Crippen molar-refractivity contribution in [1.82, 2.24) is 9.78 Å². The van der Waals surface area contributed by atoms with Gasteiger partial charge in [-0.05, 0) is 37.6 Å². The van der Waals surface area contributed by atoms with Crippen LogP contribution in [0.15, 0.2) is 36.5 Å². The Kier molecular flexibility index (Phi) is 4.40. The van der Waals surface area contributed by atoms with Crippen molar-refractivity contribution in [2.24, 2.45) is 0 Å². The van der Waals surface area contributed by atoms with E-state index in [1.54, 1.807) is 29.1 Å². The molecule has 0 aliphatic rings. The van der Waals surface area contributed by atoms with E-state index in [0.717, 1.165) is 18.5 Å². The van der Waals surface area contributed by atoms with Gasteiger partial charge in [0, 0.05) is 11.9 Å². The predicted octanol–water partition coefficient (Wildman–Crippen LogP) is 2.80. The van der Waals surface area contributed by atoms with Gasteiger partial charge in [0.05, 0.1) is 11.8 Å². The maximum absolute atomic E-state index is 11.9. The van der Waals surface area contributed by atoms with Crippen LogP contribution in [0.3, 0.4) is 0 Å². The van der Waals surface area contributed by atoms with Gasteiger partial charge in [-0.2, -0.15) is 5.10 Å². The zero-order valence-electron chi connectivity index (χ0n) is 11.7. The standard InChI is InChI=1S/C15H19N3O2/c1-3-5-11(2)20-15(19)14-8-9-18(17-14)13-7-4-6-12(16)10-13/h4,6-11H,3,5,16H2,1-2H3. The molecule has 0 saturated carbocycles. The molecule has 1 aromatic carbocycles. The molecule has 2 aromatic rings. The summed E-state index contributed by atoms with van der Waals surface area (Å²) in [7, 11) is 0. The Hall–Kier alpha value is -2.30. The van der Waals surface area contributed by atoms with Crippen molar-refractivity contribution in [3.63, 3.8) is 0 Å². The summed E-state index contributed by atoms with van der Waals surface area (Å²) in [5.41, 5.74) is 7.49. The molecule has 0 aliphatic heterocycles. The normalized spacial score (nSPS) is 12.1. The molecule has 0 spiro atoms. The third kappa shape index (κ3) is 3.38. The number of nitrogens with zero attached hydrogens (tertiary/aromatic N) is 2. The van der Waals surface area contributed by atoms with Crippen LogP contribution in [0.2, 0.25) is 0 Å². The predicted molar refractivity (Wildman–Crippen MR) is 77.8 cm³/mol. The zero-order valence-corrected chi connectivity index (χ0v) is 11.7. The minimum absolute atomic E-state index is 0.0926. The van der Waals surface area contributed by atoms with Crippen molar-refractivity contribution >= 4 is 11.7 Å². The van der Waals surface area contributed by atoms with E-state index in [1.165, 1.54) is 0 Å². The Bertz CT molecular complexity index is 592. The highest BCUT2D eigenvalue weighted by atomic mass is 16.5. The molecule has 0 saturated heterocycles. The second kappa shape index (κ2) is 6.23. The van der Waals surface area contributed by atoms with Crippen molar-refractivity contribution in [2.75, 3.05) is 5.73 Å². The second-order valence-electron chi connectivity index (χ2n) is 4.75. The smallest absolute Gasteiger partial charge is 0.359 e. The lowest BCUT2D eigenvalue weighted by Crippen LogP contribution is -2.15. The third-order valence-electron chi connectivity index (χ3n) is 2.94. The molecular formula is C15H19N3O2. The highest BCUT2D eigenvalue weighted by Crippen LogP contribution is 2.12. The summed E-state index contributed by atoms with van der Waals surface area (Å²) in [5, 5.41) is 4.22. The molecule has 1 heterocycles. The number of nitrogens with two attached hydrogens (primary N) is 1. The minimum Gasteiger partial charge on any atom is -0.458 e. The molecular weight excluding hydrogens is 254 g/mol. The fraction of sp³-hybridized carbons (Fsp3) is 0.333. The van der Waals surface area contributed by atoms with Gasteiger partial charge in [0.1, 0.15) is 0 Å². The number of hydrogen-bond donors (Lipinski definition) is 1. The number of esters is 1. The first-order chi connectivity index (χ1) is 9.60. The number of hydrogen-bond acceptors (Lipinski definition) is 4. The Labute approximate surface area is 118 Å². The van der Waals surface area contributed by atoms with Crippen LogP contribution in [-0.4, -0.2) is 21.9 Å². The van der Waals surface area contributed by atoms with Crippen LogP contribution in [0.25, 0.3) is 5.69 Å². The maximum Gasteiger partial charge on any atom is 0.359 e. The first kappa shape index (κ1) is 14.1. The van der Waals surface area contributed by atoms with Crippen LogP contribution < -0.4 is 5.73 Å². The number of carbonyl (C=O) groups excluding carboxylic acids is 1. The topological polar surface area (TPSA) is 70.1 Å².